The number of carbonyl (C=O) groups excluding carboxylic acids is 2. The van der Waals surface area contributed by atoms with Crippen LogP contribution in [0.2, 0.25) is 0 Å². The molecule has 0 saturated heterocycles. The van der Waals surface area contributed by atoms with Crippen LogP contribution in [0, 0.1) is 27.7 Å². The summed E-state index contributed by atoms with van der Waals surface area (Å²) < 4.78 is 5.74. The van der Waals surface area contributed by atoms with Crippen molar-refractivity contribution in [3.05, 3.63) is 94.2 Å². The van der Waals surface area contributed by atoms with Crippen molar-refractivity contribution in [2.24, 2.45) is 0 Å². The molecule has 2 amide bonds. The van der Waals surface area contributed by atoms with E-state index in [0.29, 0.717) is 29.2 Å². The van der Waals surface area contributed by atoms with Crippen LogP contribution in [0.5, 0.6) is 5.75 Å². The number of nitrogens with zero attached hydrogens (tertiary/aromatic N) is 1. The van der Waals surface area contributed by atoms with Crippen molar-refractivity contribution in [2.75, 3.05) is 16.8 Å². The molecule has 1 N–H and O–H groups in total. The maximum Gasteiger partial charge on any atom is 0.282 e. The van der Waals surface area contributed by atoms with Gasteiger partial charge in [0, 0.05) is 11.8 Å². The third kappa shape index (κ3) is 4.60. The van der Waals surface area contributed by atoms with Crippen LogP contribution in [0.15, 0.2) is 66.4 Å². The fraction of sp³-hybridized carbons (Fsp3) is 0.241. The Bertz CT molecular complexity index is 1290. The molecule has 174 valence electrons. The molecular weight excluding hydrogens is 424 g/mol. The van der Waals surface area contributed by atoms with Crippen molar-refractivity contribution in [1.29, 1.82) is 0 Å². The zero-order valence-corrected chi connectivity index (χ0v) is 20.4. The molecule has 34 heavy (non-hydrogen) atoms. The fourth-order valence-electron chi connectivity index (χ4n) is 4.17. The Kier molecular flexibility index (Phi) is 6.55. The van der Waals surface area contributed by atoms with E-state index in [4.69, 9.17) is 4.74 Å². The van der Waals surface area contributed by atoms with E-state index >= 15 is 0 Å². The number of aryl methyl sites for hydroxylation is 4. The van der Waals surface area contributed by atoms with E-state index in [9.17, 15) is 9.59 Å². The predicted molar refractivity (Wildman–Crippen MR) is 137 cm³/mol. The summed E-state index contributed by atoms with van der Waals surface area (Å²) in [7, 11) is 0. The van der Waals surface area contributed by atoms with Crippen LogP contribution >= 0.6 is 0 Å². The van der Waals surface area contributed by atoms with Crippen LogP contribution in [0.3, 0.4) is 0 Å². The molecule has 5 heteroatoms. The second-order valence-corrected chi connectivity index (χ2v) is 8.84. The zero-order chi connectivity index (χ0) is 24.4. The van der Waals surface area contributed by atoms with Crippen LogP contribution in [-0.4, -0.2) is 18.4 Å². The normalized spacial score (nSPS) is 13.6. The van der Waals surface area contributed by atoms with E-state index in [0.717, 1.165) is 34.4 Å². The first-order valence-electron chi connectivity index (χ1n) is 11.6. The van der Waals surface area contributed by atoms with Crippen LogP contribution in [0.1, 0.15) is 41.2 Å². The van der Waals surface area contributed by atoms with Gasteiger partial charge in [-0.05, 0) is 86.2 Å². The molecule has 1 aliphatic heterocycles. The highest BCUT2D eigenvalue weighted by molar-refractivity contribution is 6.46. The molecule has 1 aliphatic rings. The number of anilines is 2. The van der Waals surface area contributed by atoms with Gasteiger partial charge in [-0.3, -0.25) is 9.59 Å². The number of imide groups is 1. The molecule has 1 heterocycles. The number of carbonyl (C=O) groups is 2. The van der Waals surface area contributed by atoms with E-state index in [-0.39, 0.29) is 17.5 Å². The van der Waals surface area contributed by atoms with Gasteiger partial charge in [0.15, 0.2) is 0 Å². The largest absolute Gasteiger partial charge is 0.494 e. The SMILES string of the molecule is CCCOc1cccc(N2C(=O)C(Nc3cc(C)cc(C)c3)=C(c3ccc(C)c(C)c3)C2=O)c1. The van der Waals surface area contributed by atoms with Gasteiger partial charge in [0.1, 0.15) is 11.4 Å². The number of nitrogens with one attached hydrogen (secondary N) is 1. The van der Waals surface area contributed by atoms with Gasteiger partial charge in [-0.15, -0.1) is 0 Å². The van der Waals surface area contributed by atoms with Gasteiger partial charge >= 0.3 is 0 Å². The fourth-order valence-corrected chi connectivity index (χ4v) is 4.17. The van der Waals surface area contributed by atoms with Gasteiger partial charge in [0.2, 0.25) is 0 Å². The van der Waals surface area contributed by atoms with Crippen LogP contribution in [-0.2, 0) is 9.59 Å². The summed E-state index contributed by atoms with van der Waals surface area (Å²) in [6.07, 6.45) is 0.869. The van der Waals surface area contributed by atoms with Crippen molar-refractivity contribution < 1.29 is 14.3 Å². The molecule has 3 aromatic rings. The number of ether oxygens (including phenoxy) is 1. The average Bonchev–Trinajstić information content (AvgIpc) is 3.03. The number of hydrogen-bond donors (Lipinski definition) is 1. The minimum Gasteiger partial charge on any atom is -0.494 e. The monoisotopic (exact) mass is 454 g/mol. The maximum absolute atomic E-state index is 13.7. The standard InChI is InChI=1S/C29H30N2O3/c1-6-12-34-25-9-7-8-24(17-25)31-28(32)26(22-11-10-20(4)21(5)16-22)27(29(31)33)30-23-14-18(2)13-19(3)15-23/h7-11,13-17,30H,6,12H2,1-5H3. The van der Waals surface area contributed by atoms with Gasteiger partial charge in [0.05, 0.1) is 17.9 Å². The summed E-state index contributed by atoms with van der Waals surface area (Å²) >= 11 is 0. The summed E-state index contributed by atoms with van der Waals surface area (Å²) in [4.78, 5) is 28.7. The first-order valence-corrected chi connectivity index (χ1v) is 11.6. The summed E-state index contributed by atoms with van der Waals surface area (Å²) in [5.74, 6) is -0.110. The highest BCUT2D eigenvalue weighted by Crippen LogP contribution is 2.35. The lowest BCUT2D eigenvalue weighted by atomic mass is 9.99. The van der Waals surface area contributed by atoms with Crippen molar-refractivity contribution in [2.45, 2.75) is 41.0 Å². The van der Waals surface area contributed by atoms with Gasteiger partial charge in [-0.1, -0.05) is 37.3 Å². The van der Waals surface area contributed by atoms with Crippen molar-refractivity contribution >= 4 is 28.8 Å². The Morgan fingerprint density at radius 3 is 2.24 bits per heavy atom. The third-order valence-corrected chi connectivity index (χ3v) is 5.92. The molecule has 0 spiro atoms. The molecule has 4 rings (SSSR count). The average molecular weight is 455 g/mol. The molecule has 5 nitrogen and oxygen atoms in total. The summed E-state index contributed by atoms with van der Waals surface area (Å²) in [6, 6.07) is 19.0. The van der Waals surface area contributed by atoms with Crippen molar-refractivity contribution in [1.82, 2.24) is 0 Å². The molecule has 0 bridgehead atoms. The number of rotatable bonds is 7. The van der Waals surface area contributed by atoms with E-state index in [1.54, 1.807) is 18.2 Å². The molecule has 0 aliphatic carbocycles. The van der Waals surface area contributed by atoms with Crippen LogP contribution in [0.25, 0.3) is 5.57 Å². The summed E-state index contributed by atoms with van der Waals surface area (Å²) in [5, 5.41) is 3.27. The molecule has 0 saturated carbocycles. The number of amides is 2. The minimum atomic E-state index is -0.384. The van der Waals surface area contributed by atoms with Gasteiger partial charge in [-0.2, -0.15) is 0 Å². The molecular formula is C29H30N2O3. The van der Waals surface area contributed by atoms with E-state index in [1.807, 2.05) is 71.0 Å². The molecule has 0 radical (unpaired) electrons. The Morgan fingerprint density at radius 1 is 0.824 bits per heavy atom. The Labute approximate surface area is 201 Å². The predicted octanol–water partition coefficient (Wildman–Crippen LogP) is 6.11. The third-order valence-electron chi connectivity index (χ3n) is 5.92. The highest BCUT2D eigenvalue weighted by Gasteiger charge is 2.40. The Balaban J connectivity index is 1.81. The molecule has 3 aromatic carbocycles. The minimum absolute atomic E-state index is 0.276. The number of hydrogen-bond acceptors (Lipinski definition) is 4. The maximum atomic E-state index is 13.7. The molecule has 0 unspecified atom stereocenters. The van der Waals surface area contributed by atoms with E-state index < -0.39 is 0 Å². The first kappa shape index (κ1) is 23.3. The summed E-state index contributed by atoms with van der Waals surface area (Å²) in [6.45, 7) is 10.6. The number of benzene rings is 3. The highest BCUT2D eigenvalue weighted by atomic mass is 16.5. The second-order valence-electron chi connectivity index (χ2n) is 8.84. The Hall–Kier alpha value is -3.86. The molecule has 0 atom stereocenters. The first-order chi connectivity index (χ1) is 16.3. The van der Waals surface area contributed by atoms with Crippen LogP contribution in [0.4, 0.5) is 11.4 Å². The quantitative estimate of drug-likeness (QED) is 0.438. The van der Waals surface area contributed by atoms with Crippen LogP contribution < -0.4 is 15.0 Å². The lowest BCUT2D eigenvalue weighted by Gasteiger charge is -2.17. The van der Waals surface area contributed by atoms with Crippen molar-refractivity contribution in [3.63, 3.8) is 0 Å². The van der Waals surface area contributed by atoms with Gasteiger partial charge in [0.25, 0.3) is 11.8 Å². The molecule has 0 aromatic heterocycles. The van der Waals surface area contributed by atoms with E-state index in [2.05, 4.69) is 11.4 Å². The van der Waals surface area contributed by atoms with E-state index in [1.165, 1.54) is 4.90 Å². The lowest BCUT2D eigenvalue weighted by Crippen LogP contribution is -2.32. The lowest BCUT2D eigenvalue weighted by molar-refractivity contribution is -0.120. The van der Waals surface area contributed by atoms with Crippen molar-refractivity contribution in [3.8, 4) is 5.75 Å². The van der Waals surface area contributed by atoms with Gasteiger partial charge < -0.3 is 10.1 Å². The second kappa shape index (κ2) is 9.56. The summed E-state index contributed by atoms with van der Waals surface area (Å²) in [5.41, 5.74) is 6.96. The smallest absolute Gasteiger partial charge is 0.282 e. The van der Waals surface area contributed by atoms with Gasteiger partial charge in [-0.25, -0.2) is 4.90 Å². The Morgan fingerprint density at radius 2 is 1.56 bits per heavy atom. The zero-order valence-electron chi connectivity index (χ0n) is 20.4. The molecule has 0 fully saturated rings. The topological polar surface area (TPSA) is 58.6 Å².